The molecule has 0 aliphatic carbocycles. The van der Waals surface area contributed by atoms with Crippen molar-refractivity contribution in [2.75, 3.05) is 18.6 Å². The molecule has 0 aliphatic rings. The van der Waals surface area contributed by atoms with Crippen molar-refractivity contribution < 1.29 is 8.42 Å². The lowest BCUT2D eigenvalue weighted by Gasteiger charge is -2.16. The number of unbranched alkanes of at least 4 members (excludes halogenated alkanes) is 1. The highest BCUT2D eigenvalue weighted by Gasteiger charge is 2.11. The van der Waals surface area contributed by atoms with Crippen LogP contribution in [0.3, 0.4) is 0 Å². The van der Waals surface area contributed by atoms with Crippen LogP contribution in [0.25, 0.3) is 0 Å². The van der Waals surface area contributed by atoms with Gasteiger partial charge in [0.05, 0.1) is 5.75 Å². The molecule has 3 nitrogen and oxygen atoms in total. The highest BCUT2D eigenvalue weighted by molar-refractivity contribution is 7.91. The number of rotatable bonds is 9. The second kappa shape index (κ2) is 8.33. The Balaban J connectivity index is 2.35. The summed E-state index contributed by atoms with van der Waals surface area (Å²) < 4.78 is 23.2. The van der Waals surface area contributed by atoms with Gasteiger partial charge in [-0.3, -0.25) is 0 Å². The summed E-state index contributed by atoms with van der Waals surface area (Å²) in [5, 5.41) is 3.29. The Morgan fingerprint density at radius 2 is 1.79 bits per heavy atom. The fourth-order valence-electron chi connectivity index (χ4n) is 2.25. The van der Waals surface area contributed by atoms with E-state index in [1.165, 1.54) is 5.56 Å². The molecule has 1 atom stereocenters. The van der Waals surface area contributed by atoms with Crippen molar-refractivity contribution in [3.05, 3.63) is 35.9 Å². The van der Waals surface area contributed by atoms with E-state index in [0.29, 0.717) is 24.0 Å². The molecular weight excluding hydrogens is 258 g/mol. The van der Waals surface area contributed by atoms with Crippen LogP contribution in [-0.4, -0.2) is 27.0 Å². The quantitative estimate of drug-likeness (QED) is 0.709. The van der Waals surface area contributed by atoms with Gasteiger partial charge in [-0.15, -0.1) is 0 Å². The van der Waals surface area contributed by atoms with Crippen molar-refractivity contribution in [2.45, 2.75) is 38.6 Å². The third-order valence-corrected chi connectivity index (χ3v) is 5.20. The van der Waals surface area contributed by atoms with Gasteiger partial charge in [0, 0.05) is 11.8 Å². The molecule has 1 rings (SSSR count). The minimum atomic E-state index is -2.82. The van der Waals surface area contributed by atoms with Gasteiger partial charge in [0.25, 0.3) is 0 Å². The first-order chi connectivity index (χ1) is 9.09. The highest BCUT2D eigenvalue weighted by atomic mass is 32.2. The van der Waals surface area contributed by atoms with Gasteiger partial charge in [-0.25, -0.2) is 8.42 Å². The zero-order chi connectivity index (χ0) is 14.1. The number of sulfone groups is 1. The molecule has 0 spiro atoms. The Morgan fingerprint density at radius 3 is 2.37 bits per heavy atom. The zero-order valence-electron chi connectivity index (χ0n) is 11.9. The molecule has 1 unspecified atom stereocenters. The first kappa shape index (κ1) is 16.2. The molecule has 0 saturated heterocycles. The van der Waals surface area contributed by atoms with Crippen molar-refractivity contribution >= 4 is 9.84 Å². The van der Waals surface area contributed by atoms with Crippen LogP contribution >= 0.6 is 0 Å². The Morgan fingerprint density at radius 1 is 1.11 bits per heavy atom. The number of hydrogen-bond acceptors (Lipinski definition) is 3. The van der Waals surface area contributed by atoms with E-state index in [9.17, 15) is 8.42 Å². The molecule has 1 N–H and O–H groups in total. The van der Waals surface area contributed by atoms with Gasteiger partial charge in [-0.05, 0) is 31.9 Å². The largest absolute Gasteiger partial charge is 0.313 e. The first-order valence-corrected chi connectivity index (χ1v) is 8.84. The van der Waals surface area contributed by atoms with Gasteiger partial charge in [0.15, 0.2) is 0 Å². The smallest absolute Gasteiger partial charge is 0.150 e. The maximum absolute atomic E-state index is 11.6. The van der Waals surface area contributed by atoms with Gasteiger partial charge in [0.2, 0.25) is 0 Å². The normalized spacial score (nSPS) is 13.4. The second-order valence-corrected chi connectivity index (χ2v) is 7.20. The molecule has 108 valence electrons. The predicted molar refractivity (Wildman–Crippen MR) is 81.0 cm³/mol. The summed E-state index contributed by atoms with van der Waals surface area (Å²) in [6.45, 7) is 1.91. The van der Waals surface area contributed by atoms with Crippen molar-refractivity contribution in [3.63, 3.8) is 0 Å². The molecule has 1 aromatic rings. The molecule has 0 fully saturated rings. The van der Waals surface area contributed by atoms with Gasteiger partial charge < -0.3 is 5.32 Å². The third-order valence-electron chi connectivity index (χ3n) is 3.26. The van der Waals surface area contributed by atoms with E-state index in [2.05, 4.69) is 17.4 Å². The van der Waals surface area contributed by atoms with Crippen LogP contribution in [0.15, 0.2) is 30.3 Å². The van der Waals surface area contributed by atoms with Crippen LogP contribution in [0, 0.1) is 0 Å². The van der Waals surface area contributed by atoms with Crippen molar-refractivity contribution in [1.82, 2.24) is 5.32 Å². The summed E-state index contributed by atoms with van der Waals surface area (Å²) in [7, 11) is -0.871. The summed E-state index contributed by atoms with van der Waals surface area (Å²) in [5.41, 5.74) is 1.27. The monoisotopic (exact) mass is 283 g/mol. The average Bonchev–Trinajstić information content (AvgIpc) is 2.40. The lowest BCUT2D eigenvalue weighted by atomic mass is 10.0. The van der Waals surface area contributed by atoms with Crippen LogP contribution < -0.4 is 5.32 Å². The molecule has 0 heterocycles. The molecule has 0 saturated carbocycles. The van der Waals surface area contributed by atoms with Crippen LogP contribution in [0.5, 0.6) is 0 Å². The lowest BCUT2D eigenvalue weighted by Crippen LogP contribution is -2.17. The van der Waals surface area contributed by atoms with Crippen molar-refractivity contribution in [2.24, 2.45) is 0 Å². The summed E-state index contributed by atoms with van der Waals surface area (Å²) in [6, 6.07) is 10.6. The molecule has 0 bridgehead atoms. The lowest BCUT2D eigenvalue weighted by molar-refractivity contribution is 0.520. The minimum Gasteiger partial charge on any atom is -0.313 e. The van der Waals surface area contributed by atoms with Crippen LogP contribution in [0.1, 0.15) is 44.2 Å². The van der Waals surface area contributed by atoms with E-state index in [0.717, 1.165) is 19.3 Å². The highest BCUT2D eigenvalue weighted by Crippen LogP contribution is 2.18. The predicted octanol–water partition coefficient (Wildman–Crippen LogP) is 2.94. The zero-order valence-corrected chi connectivity index (χ0v) is 12.7. The van der Waals surface area contributed by atoms with Crippen LogP contribution in [0.2, 0.25) is 0 Å². The second-order valence-electron chi connectivity index (χ2n) is 4.90. The average molecular weight is 283 g/mol. The molecule has 4 heteroatoms. The van der Waals surface area contributed by atoms with Crippen LogP contribution in [-0.2, 0) is 9.84 Å². The van der Waals surface area contributed by atoms with Gasteiger partial charge in [-0.2, -0.15) is 0 Å². The first-order valence-electron chi connectivity index (χ1n) is 7.01. The van der Waals surface area contributed by atoms with Crippen LogP contribution in [0.4, 0.5) is 0 Å². The molecule has 0 radical (unpaired) electrons. The SMILES string of the molecule is CCCS(=O)(=O)CCCCC(NC)c1ccccc1. The summed E-state index contributed by atoms with van der Waals surface area (Å²) in [6.07, 6.45) is 3.38. The maximum Gasteiger partial charge on any atom is 0.150 e. The van der Waals surface area contributed by atoms with E-state index in [-0.39, 0.29) is 0 Å². The van der Waals surface area contributed by atoms with Crippen molar-refractivity contribution in [3.8, 4) is 0 Å². The van der Waals surface area contributed by atoms with E-state index >= 15 is 0 Å². The minimum absolute atomic E-state index is 0.315. The third kappa shape index (κ3) is 6.21. The van der Waals surface area contributed by atoms with E-state index < -0.39 is 9.84 Å². The molecular formula is C15H25NO2S. The van der Waals surface area contributed by atoms with E-state index in [4.69, 9.17) is 0 Å². The fourth-order valence-corrected chi connectivity index (χ4v) is 3.72. The number of nitrogens with one attached hydrogen (secondary N) is 1. The topological polar surface area (TPSA) is 46.2 Å². The summed E-state index contributed by atoms with van der Waals surface area (Å²) >= 11 is 0. The fraction of sp³-hybridized carbons (Fsp3) is 0.600. The number of benzene rings is 1. The molecule has 1 aromatic carbocycles. The molecule has 0 aromatic heterocycles. The van der Waals surface area contributed by atoms with Crippen molar-refractivity contribution in [1.29, 1.82) is 0 Å². The molecule has 0 amide bonds. The summed E-state index contributed by atoms with van der Waals surface area (Å²) in [5.74, 6) is 0.646. The molecule has 19 heavy (non-hydrogen) atoms. The van der Waals surface area contributed by atoms with Gasteiger partial charge >= 0.3 is 0 Å². The Hall–Kier alpha value is -0.870. The maximum atomic E-state index is 11.6. The van der Waals surface area contributed by atoms with Gasteiger partial charge in [-0.1, -0.05) is 43.7 Å². The summed E-state index contributed by atoms with van der Waals surface area (Å²) in [4.78, 5) is 0. The standard InChI is InChI=1S/C15H25NO2S/c1-3-12-19(17,18)13-8-7-11-15(16-2)14-9-5-4-6-10-14/h4-6,9-10,15-16H,3,7-8,11-13H2,1-2H3. The Bertz CT molecular complexity index is 442. The Kier molecular flexibility index (Phi) is 7.10. The van der Waals surface area contributed by atoms with E-state index in [1.54, 1.807) is 0 Å². The number of hydrogen-bond donors (Lipinski definition) is 1. The van der Waals surface area contributed by atoms with E-state index in [1.807, 2.05) is 32.2 Å². The Labute approximate surface area is 117 Å². The molecule has 0 aliphatic heterocycles. The van der Waals surface area contributed by atoms with Gasteiger partial charge in [0.1, 0.15) is 9.84 Å².